The number of hydrogen-bond acceptors (Lipinski definition) is 5. The second-order valence-electron chi connectivity index (χ2n) is 7.70. The standard InChI is InChI=1S/C24H27N3O4S/c1-14(2)31-23(29)20-15(3)27(4)24(32)26-21(20)17-7-6-8-18(13-17)25-22(28)16-9-11-19(30-5)12-10-16/h6-14,21H,1-5H3,(H,25,28)(H,26,32)/t21-/m0/s1. The Morgan fingerprint density at radius 3 is 2.47 bits per heavy atom. The lowest BCUT2D eigenvalue weighted by Crippen LogP contribution is -2.46. The maximum Gasteiger partial charge on any atom is 0.338 e. The Labute approximate surface area is 193 Å². The van der Waals surface area contributed by atoms with Crippen LogP contribution in [0.15, 0.2) is 59.8 Å². The van der Waals surface area contributed by atoms with Gasteiger partial charge in [-0.3, -0.25) is 4.79 Å². The van der Waals surface area contributed by atoms with Crippen molar-refractivity contribution in [1.29, 1.82) is 0 Å². The summed E-state index contributed by atoms with van der Waals surface area (Å²) < 4.78 is 10.6. The number of carbonyl (C=O) groups excluding carboxylic acids is 2. The van der Waals surface area contributed by atoms with Crippen LogP contribution in [0.5, 0.6) is 5.75 Å². The number of ether oxygens (including phenoxy) is 2. The normalized spacial score (nSPS) is 16.0. The van der Waals surface area contributed by atoms with Crippen LogP contribution in [0, 0.1) is 0 Å². The van der Waals surface area contributed by atoms with Gasteiger partial charge in [0.2, 0.25) is 0 Å². The second kappa shape index (κ2) is 9.82. The molecule has 1 aliphatic heterocycles. The molecule has 3 rings (SSSR count). The van der Waals surface area contributed by atoms with Gasteiger partial charge < -0.3 is 25.0 Å². The van der Waals surface area contributed by atoms with E-state index in [1.54, 1.807) is 49.4 Å². The Hall–Kier alpha value is -3.39. The Balaban J connectivity index is 1.89. The van der Waals surface area contributed by atoms with Crippen molar-refractivity contribution in [2.24, 2.45) is 0 Å². The van der Waals surface area contributed by atoms with Gasteiger partial charge in [-0.05, 0) is 75.0 Å². The molecule has 8 heteroatoms. The Bertz CT molecular complexity index is 1060. The molecule has 32 heavy (non-hydrogen) atoms. The number of methoxy groups -OCH3 is 1. The molecule has 2 aromatic carbocycles. The van der Waals surface area contributed by atoms with Gasteiger partial charge in [-0.25, -0.2) is 4.79 Å². The van der Waals surface area contributed by atoms with Crippen LogP contribution in [0.2, 0.25) is 0 Å². The minimum Gasteiger partial charge on any atom is -0.497 e. The van der Waals surface area contributed by atoms with Crippen molar-refractivity contribution in [1.82, 2.24) is 10.2 Å². The number of rotatable bonds is 6. The van der Waals surface area contributed by atoms with Crippen molar-refractivity contribution in [3.8, 4) is 5.75 Å². The summed E-state index contributed by atoms with van der Waals surface area (Å²) in [5.41, 5.74) is 3.09. The average Bonchev–Trinajstić information content (AvgIpc) is 2.76. The predicted octanol–water partition coefficient (Wildman–Crippen LogP) is 4.03. The molecule has 0 spiro atoms. The molecule has 7 nitrogen and oxygen atoms in total. The van der Waals surface area contributed by atoms with E-state index in [-0.39, 0.29) is 12.0 Å². The Morgan fingerprint density at radius 2 is 1.84 bits per heavy atom. The van der Waals surface area contributed by atoms with Gasteiger partial charge >= 0.3 is 5.97 Å². The lowest BCUT2D eigenvalue weighted by atomic mass is 9.94. The van der Waals surface area contributed by atoms with E-state index in [0.717, 1.165) is 11.3 Å². The highest BCUT2D eigenvalue weighted by molar-refractivity contribution is 7.80. The lowest BCUT2D eigenvalue weighted by Gasteiger charge is -2.35. The molecule has 0 fully saturated rings. The van der Waals surface area contributed by atoms with Crippen molar-refractivity contribution in [2.75, 3.05) is 19.5 Å². The zero-order valence-electron chi connectivity index (χ0n) is 18.8. The molecule has 0 saturated carbocycles. The summed E-state index contributed by atoms with van der Waals surface area (Å²) in [6, 6.07) is 13.7. The van der Waals surface area contributed by atoms with Crippen molar-refractivity contribution < 1.29 is 19.1 Å². The monoisotopic (exact) mass is 453 g/mol. The molecule has 0 aliphatic carbocycles. The Morgan fingerprint density at radius 1 is 1.16 bits per heavy atom. The predicted molar refractivity (Wildman–Crippen MR) is 128 cm³/mol. The smallest absolute Gasteiger partial charge is 0.338 e. The number of anilines is 1. The average molecular weight is 454 g/mol. The first-order valence-corrected chi connectivity index (χ1v) is 10.6. The van der Waals surface area contributed by atoms with E-state index in [0.29, 0.717) is 27.7 Å². The topological polar surface area (TPSA) is 79.9 Å². The summed E-state index contributed by atoms with van der Waals surface area (Å²) in [7, 11) is 3.37. The molecule has 0 bridgehead atoms. The third kappa shape index (κ3) is 5.08. The van der Waals surface area contributed by atoms with Gasteiger partial charge in [0.25, 0.3) is 5.91 Å². The summed E-state index contributed by atoms with van der Waals surface area (Å²) in [6.45, 7) is 5.46. The fraction of sp³-hybridized carbons (Fsp3) is 0.292. The fourth-order valence-electron chi connectivity index (χ4n) is 3.37. The van der Waals surface area contributed by atoms with Gasteiger partial charge in [-0.15, -0.1) is 0 Å². The maximum atomic E-state index is 12.9. The zero-order chi connectivity index (χ0) is 23.4. The first kappa shape index (κ1) is 23.3. The first-order valence-electron chi connectivity index (χ1n) is 10.2. The van der Waals surface area contributed by atoms with Crippen molar-refractivity contribution in [2.45, 2.75) is 32.9 Å². The van der Waals surface area contributed by atoms with Gasteiger partial charge in [-0.1, -0.05) is 12.1 Å². The number of nitrogens with one attached hydrogen (secondary N) is 2. The number of esters is 1. The van der Waals surface area contributed by atoms with Crippen LogP contribution in [0.25, 0.3) is 0 Å². The van der Waals surface area contributed by atoms with Crippen molar-refractivity contribution in [3.63, 3.8) is 0 Å². The van der Waals surface area contributed by atoms with Crippen molar-refractivity contribution in [3.05, 3.63) is 70.9 Å². The first-order chi connectivity index (χ1) is 15.2. The van der Waals surface area contributed by atoms with Gasteiger partial charge in [0.1, 0.15) is 5.75 Å². The highest BCUT2D eigenvalue weighted by Gasteiger charge is 2.34. The minimum atomic E-state index is -0.497. The third-order valence-corrected chi connectivity index (χ3v) is 5.54. The van der Waals surface area contributed by atoms with Crippen LogP contribution < -0.4 is 15.4 Å². The van der Waals surface area contributed by atoms with E-state index >= 15 is 0 Å². The summed E-state index contributed by atoms with van der Waals surface area (Å²) in [4.78, 5) is 27.3. The molecule has 0 aromatic heterocycles. The molecule has 2 aromatic rings. The summed E-state index contributed by atoms with van der Waals surface area (Å²) in [5, 5.41) is 6.61. The van der Waals surface area contributed by atoms with Gasteiger partial charge in [-0.2, -0.15) is 0 Å². The Kier molecular flexibility index (Phi) is 7.15. The largest absolute Gasteiger partial charge is 0.497 e. The number of carbonyl (C=O) groups is 2. The number of allylic oxidation sites excluding steroid dienone is 1. The summed E-state index contributed by atoms with van der Waals surface area (Å²) in [6.07, 6.45) is -0.252. The third-order valence-electron chi connectivity index (χ3n) is 5.15. The number of amides is 1. The number of hydrogen-bond donors (Lipinski definition) is 2. The molecule has 0 saturated heterocycles. The second-order valence-corrected chi connectivity index (χ2v) is 8.09. The molecular formula is C24H27N3O4S. The van der Waals surface area contributed by atoms with Crippen LogP contribution in [-0.2, 0) is 9.53 Å². The van der Waals surface area contributed by atoms with Crippen LogP contribution in [-0.4, -0.2) is 42.2 Å². The number of nitrogens with zero attached hydrogens (tertiary/aromatic N) is 1. The summed E-state index contributed by atoms with van der Waals surface area (Å²) in [5.74, 6) is 0.0238. The minimum absolute atomic E-state index is 0.247. The highest BCUT2D eigenvalue weighted by Crippen LogP contribution is 2.32. The van der Waals surface area contributed by atoms with E-state index in [9.17, 15) is 9.59 Å². The molecular weight excluding hydrogens is 426 g/mol. The lowest BCUT2D eigenvalue weighted by molar-refractivity contribution is -0.143. The van der Waals surface area contributed by atoms with Crippen LogP contribution in [0.3, 0.4) is 0 Å². The molecule has 0 unspecified atom stereocenters. The van der Waals surface area contributed by atoms with Gasteiger partial charge in [0.15, 0.2) is 5.11 Å². The van der Waals surface area contributed by atoms with E-state index in [1.807, 2.05) is 39.0 Å². The number of benzene rings is 2. The molecule has 1 amide bonds. The maximum absolute atomic E-state index is 12.9. The van der Waals surface area contributed by atoms with E-state index < -0.39 is 12.0 Å². The fourth-order valence-corrected chi connectivity index (χ4v) is 3.62. The van der Waals surface area contributed by atoms with Crippen molar-refractivity contribution >= 4 is 34.9 Å². The molecule has 2 N–H and O–H groups in total. The van der Waals surface area contributed by atoms with Crippen LogP contribution >= 0.6 is 12.2 Å². The quantitative estimate of drug-likeness (QED) is 0.505. The molecule has 1 atom stereocenters. The van der Waals surface area contributed by atoms with E-state index in [1.165, 1.54) is 0 Å². The molecule has 0 radical (unpaired) electrons. The zero-order valence-corrected chi connectivity index (χ0v) is 19.6. The van der Waals surface area contributed by atoms with Gasteiger partial charge in [0, 0.05) is 24.0 Å². The van der Waals surface area contributed by atoms with E-state index in [4.69, 9.17) is 21.7 Å². The highest BCUT2D eigenvalue weighted by atomic mass is 32.1. The SMILES string of the molecule is COc1ccc(C(=O)Nc2cccc([C@@H]3NC(=S)N(C)C(C)=C3C(=O)OC(C)C)c2)cc1. The van der Waals surface area contributed by atoms with Crippen LogP contribution in [0.4, 0.5) is 5.69 Å². The summed E-state index contributed by atoms with van der Waals surface area (Å²) >= 11 is 5.45. The molecule has 1 aliphatic rings. The van der Waals surface area contributed by atoms with E-state index in [2.05, 4.69) is 10.6 Å². The number of thiocarbonyl (C=S) groups is 1. The van der Waals surface area contributed by atoms with Crippen LogP contribution in [0.1, 0.15) is 42.7 Å². The molecule has 1 heterocycles. The van der Waals surface area contributed by atoms with Gasteiger partial charge in [0.05, 0.1) is 24.8 Å². The molecule has 168 valence electrons.